The van der Waals surface area contributed by atoms with Gasteiger partial charge in [-0.2, -0.15) is 11.3 Å². The zero-order valence-electron chi connectivity index (χ0n) is 9.87. The van der Waals surface area contributed by atoms with E-state index in [1.165, 1.54) is 25.8 Å². The molecule has 3 rings (SSSR count). The fraction of sp³-hybridized carbons (Fsp3) is 0.286. The number of alkyl halides is 1. The third-order valence-electron chi connectivity index (χ3n) is 3.22. The monoisotopic (exact) mass is 434 g/mol. The van der Waals surface area contributed by atoms with E-state index in [4.69, 9.17) is 4.74 Å². The first-order valence-electron chi connectivity index (χ1n) is 5.78. The third-order valence-corrected chi connectivity index (χ3v) is 5.71. The average molecular weight is 435 g/mol. The van der Waals surface area contributed by atoms with E-state index in [2.05, 4.69) is 68.3 Å². The van der Waals surface area contributed by atoms with Gasteiger partial charge in [-0.3, -0.25) is 0 Å². The number of thiophene rings is 1. The van der Waals surface area contributed by atoms with E-state index >= 15 is 0 Å². The van der Waals surface area contributed by atoms with Crippen LogP contribution in [0, 0.1) is 10.5 Å². The molecule has 0 bridgehead atoms. The van der Waals surface area contributed by atoms with Gasteiger partial charge in [0.1, 0.15) is 5.75 Å². The van der Waals surface area contributed by atoms with Crippen molar-refractivity contribution in [3.05, 3.63) is 48.7 Å². The number of ether oxygens (including phenoxy) is 1. The molecule has 94 valence electrons. The first-order chi connectivity index (χ1) is 8.66. The number of hydrogen-bond acceptors (Lipinski definition) is 2. The lowest BCUT2D eigenvalue weighted by molar-refractivity contribution is 0.354. The largest absolute Gasteiger partial charge is 0.493 e. The zero-order chi connectivity index (χ0) is 12.7. The van der Waals surface area contributed by atoms with Gasteiger partial charge in [-0.15, -0.1) is 0 Å². The van der Waals surface area contributed by atoms with Gasteiger partial charge in [0.2, 0.25) is 0 Å². The fourth-order valence-corrected chi connectivity index (χ4v) is 4.88. The Balaban J connectivity index is 2.10. The van der Waals surface area contributed by atoms with E-state index in [0.717, 1.165) is 18.8 Å². The van der Waals surface area contributed by atoms with Gasteiger partial charge in [0.25, 0.3) is 0 Å². The number of halogens is 2. The minimum atomic E-state index is 0.227. The minimum Gasteiger partial charge on any atom is -0.493 e. The second-order valence-corrected chi connectivity index (χ2v) is 7.36. The van der Waals surface area contributed by atoms with Crippen LogP contribution in [0.15, 0.2) is 22.9 Å². The molecule has 1 aliphatic rings. The Hall–Kier alpha value is -0.0700. The summed E-state index contributed by atoms with van der Waals surface area (Å²) < 4.78 is 7.10. The van der Waals surface area contributed by atoms with Crippen LogP contribution in [0.5, 0.6) is 5.75 Å². The van der Waals surface area contributed by atoms with Crippen LogP contribution in [0.4, 0.5) is 0 Å². The maximum absolute atomic E-state index is 5.81. The number of aryl methyl sites for hydroxylation is 1. The normalized spacial score (nSPS) is 15.3. The van der Waals surface area contributed by atoms with Crippen molar-refractivity contribution in [2.45, 2.75) is 18.2 Å². The predicted molar refractivity (Wildman–Crippen MR) is 88.2 cm³/mol. The molecule has 0 N–H and O–H groups in total. The SMILES string of the molecule is Cc1cscc1C(Br)c1cc(I)cc2c1OCC2. The molecule has 0 saturated heterocycles. The van der Waals surface area contributed by atoms with Crippen LogP contribution in [-0.2, 0) is 6.42 Å². The summed E-state index contributed by atoms with van der Waals surface area (Å²) in [5.74, 6) is 1.09. The molecule has 0 saturated carbocycles. The lowest BCUT2D eigenvalue weighted by atomic mass is 10.0. The van der Waals surface area contributed by atoms with E-state index in [0.29, 0.717) is 0 Å². The van der Waals surface area contributed by atoms with Crippen LogP contribution < -0.4 is 4.74 Å². The van der Waals surface area contributed by atoms with E-state index in [-0.39, 0.29) is 4.83 Å². The molecule has 1 atom stereocenters. The van der Waals surface area contributed by atoms with Gasteiger partial charge in [-0.05, 0) is 69.1 Å². The molecule has 1 nitrogen and oxygen atoms in total. The summed E-state index contributed by atoms with van der Waals surface area (Å²) >= 11 is 7.97. The summed E-state index contributed by atoms with van der Waals surface area (Å²) in [4.78, 5) is 0.227. The van der Waals surface area contributed by atoms with Crippen molar-refractivity contribution in [2.24, 2.45) is 0 Å². The summed E-state index contributed by atoms with van der Waals surface area (Å²) in [6, 6.07) is 4.45. The molecule has 0 spiro atoms. The molecule has 1 unspecified atom stereocenters. The quantitative estimate of drug-likeness (QED) is 0.473. The van der Waals surface area contributed by atoms with Crippen LogP contribution in [0.25, 0.3) is 0 Å². The summed E-state index contributed by atoms with van der Waals surface area (Å²) in [6.07, 6.45) is 1.03. The Morgan fingerprint density at radius 3 is 2.89 bits per heavy atom. The predicted octanol–water partition coefficient (Wildman–Crippen LogP) is 5.08. The number of hydrogen-bond donors (Lipinski definition) is 0. The standard InChI is InChI=1S/C14H12BrIOS/c1-8-6-18-7-12(8)13(15)11-5-10(16)4-9-2-3-17-14(9)11/h4-7,13H,2-3H2,1H3. The van der Waals surface area contributed by atoms with Gasteiger partial charge in [-0.1, -0.05) is 15.9 Å². The third kappa shape index (κ3) is 2.23. The second-order valence-electron chi connectivity index (χ2n) is 4.45. The number of rotatable bonds is 2. The molecular weight excluding hydrogens is 423 g/mol. The summed E-state index contributed by atoms with van der Waals surface area (Å²) in [7, 11) is 0. The summed E-state index contributed by atoms with van der Waals surface area (Å²) in [5.41, 5.74) is 5.29. The Labute approximate surface area is 133 Å². The van der Waals surface area contributed by atoms with E-state index in [1.807, 2.05) is 0 Å². The van der Waals surface area contributed by atoms with Crippen LogP contribution in [0.2, 0.25) is 0 Å². The highest BCUT2D eigenvalue weighted by atomic mass is 127. The van der Waals surface area contributed by atoms with Crippen molar-refractivity contribution >= 4 is 49.9 Å². The van der Waals surface area contributed by atoms with E-state index in [9.17, 15) is 0 Å². The van der Waals surface area contributed by atoms with Gasteiger partial charge in [0.05, 0.1) is 11.4 Å². The molecule has 18 heavy (non-hydrogen) atoms. The number of benzene rings is 1. The minimum absolute atomic E-state index is 0.227. The smallest absolute Gasteiger partial charge is 0.127 e. The van der Waals surface area contributed by atoms with Crippen molar-refractivity contribution in [1.82, 2.24) is 0 Å². The molecule has 2 heterocycles. The van der Waals surface area contributed by atoms with Crippen molar-refractivity contribution in [3.8, 4) is 5.75 Å². The van der Waals surface area contributed by atoms with E-state index in [1.54, 1.807) is 11.3 Å². The van der Waals surface area contributed by atoms with Gasteiger partial charge >= 0.3 is 0 Å². The first-order valence-corrected chi connectivity index (χ1v) is 8.72. The molecule has 0 radical (unpaired) electrons. The molecule has 1 aromatic carbocycles. The van der Waals surface area contributed by atoms with Gasteiger partial charge in [-0.25, -0.2) is 0 Å². The van der Waals surface area contributed by atoms with Gasteiger partial charge in [0.15, 0.2) is 0 Å². The second kappa shape index (κ2) is 5.13. The Bertz CT molecular complexity index is 593. The molecule has 0 aliphatic carbocycles. The lowest BCUT2D eigenvalue weighted by Gasteiger charge is -2.15. The van der Waals surface area contributed by atoms with Crippen molar-refractivity contribution in [3.63, 3.8) is 0 Å². The average Bonchev–Trinajstić information content (AvgIpc) is 2.95. The topological polar surface area (TPSA) is 9.23 Å². The highest BCUT2D eigenvalue weighted by molar-refractivity contribution is 14.1. The first kappa shape index (κ1) is 12.9. The van der Waals surface area contributed by atoms with Crippen LogP contribution in [0.1, 0.15) is 27.1 Å². The van der Waals surface area contributed by atoms with Crippen molar-refractivity contribution in [2.75, 3.05) is 6.61 Å². The van der Waals surface area contributed by atoms with Crippen LogP contribution >= 0.6 is 49.9 Å². The Morgan fingerprint density at radius 1 is 1.33 bits per heavy atom. The highest BCUT2D eigenvalue weighted by Gasteiger charge is 2.23. The van der Waals surface area contributed by atoms with Crippen LogP contribution in [-0.4, -0.2) is 6.61 Å². The molecular formula is C14H12BrIOS. The summed E-state index contributed by atoms with van der Waals surface area (Å²) in [6.45, 7) is 2.97. The van der Waals surface area contributed by atoms with Gasteiger partial charge < -0.3 is 4.74 Å². The molecule has 2 aromatic rings. The molecule has 0 fully saturated rings. The van der Waals surface area contributed by atoms with Crippen molar-refractivity contribution in [1.29, 1.82) is 0 Å². The molecule has 0 amide bonds. The number of fused-ring (bicyclic) bond motifs is 1. The molecule has 4 heteroatoms. The van der Waals surface area contributed by atoms with Gasteiger partial charge in [0, 0.05) is 15.6 Å². The maximum atomic E-state index is 5.81. The molecule has 1 aliphatic heterocycles. The van der Waals surface area contributed by atoms with Crippen LogP contribution in [0.3, 0.4) is 0 Å². The lowest BCUT2D eigenvalue weighted by Crippen LogP contribution is -1.98. The van der Waals surface area contributed by atoms with Crippen molar-refractivity contribution < 1.29 is 4.74 Å². The van der Waals surface area contributed by atoms with E-state index < -0.39 is 0 Å². The highest BCUT2D eigenvalue weighted by Crippen LogP contribution is 2.43. The summed E-state index contributed by atoms with van der Waals surface area (Å²) in [5, 5.41) is 4.41. The maximum Gasteiger partial charge on any atom is 0.127 e. The fourth-order valence-electron chi connectivity index (χ4n) is 2.28. The Kier molecular flexibility index (Phi) is 3.69. The molecule has 1 aromatic heterocycles. The Morgan fingerprint density at radius 2 is 2.17 bits per heavy atom. The zero-order valence-corrected chi connectivity index (χ0v) is 14.4.